The Morgan fingerprint density at radius 2 is 2.35 bits per heavy atom. The van der Waals surface area contributed by atoms with Crippen LogP contribution < -0.4 is 5.32 Å². The molecular formula is C13H14N2O4S. The summed E-state index contributed by atoms with van der Waals surface area (Å²) in [7, 11) is 1.33. The van der Waals surface area contributed by atoms with Crippen molar-refractivity contribution >= 4 is 28.3 Å². The summed E-state index contributed by atoms with van der Waals surface area (Å²) in [5.74, 6) is 0.275. The van der Waals surface area contributed by atoms with E-state index in [1.807, 2.05) is 6.07 Å². The molecule has 0 atom stereocenters. The molecule has 0 bridgehead atoms. The monoisotopic (exact) mass is 294 g/mol. The lowest BCUT2D eigenvalue weighted by molar-refractivity contribution is -0.139. The van der Waals surface area contributed by atoms with Gasteiger partial charge in [0.1, 0.15) is 5.76 Å². The molecule has 0 fully saturated rings. The maximum Gasteiger partial charge on any atom is 0.311 e. The smallest absolute Gasteiger partial charge is 0.311 e. The first-order valence-corrected chi connectivity index (χ1v) is 6.89. The fraction of sp³-hybridized carbons (Fsp3) is 0.308. The van der Waals surface area contributed by atoms with Gasteiger partial charge >= 0.3 is 5.97 Å². The van der Waals surface area contributed by atoms with Crippen LogP contribution in [0.5, 0.6) is 0 Å². The first-order chi connectivity index (χ1) is 9.67. The van der Waals surface area contributed by atoms with E-state index >= 15 is 0 Å². The highest BCUT2D eigenvalue weighted by atomic mass is 32.1. The molecule has 6 nitrogen and oxygen atoms in total. The van der Waals surface area contributed by atoms with Gasteiger partial charge in [0.25, 0.3) is 0 Å². The number of carbonyl (C=O) groups is 2. The van der Waals surface area contributed by atoms with Crippen molar-refractivity contribution in [1.82, 2.24) is 4.98 Å². The van der Waals surface area contributed by atoms with Gasteiger partial charge in [0, 0.05) is 18.2 Å². The van der Waals surface area contributed by atoms with E-state index in [1.54, 1.807) is 17.7 Å². The molecule has 0 spiro atoms. The van der Waals surface area contributed by atoms with Crippen LogP contribution in [0.2, 0.25) is 0 Å². The Balaban J connectivity index is 1.80. The van der Waals surface area contributed by atoms with Gasteiger partial charge in [-0.2, -0.15) is 0 Å². The van der Waals surface area contributed by atoms with Gasteiger partial charge in [-0.25, -0.2) is 4.98 Å². The third-order valence-corrected chi connectivity index (χ3v) is 3.34. The lowest BCUT2D eigenvalue weighted by atomic mass is 10.2. The second-order valence-electron chi connectivity index (χ2n) is 4.02. The Hall–Kier alpha value is -2.15. The zero-order chi connectivity index (χ0) is 14.4. The Kier molecular flexibility index (Phi) is 4.89. The van der Waals surface area contributed by atoms with Gasteiger partial charge in [-0.05, 0) is 12.1 Å². The first-order valence-electron chi connectivity index (χ1n) is 6.01. The number of esters is 1. The number of nitrogens with one attached hydrogen (secondary N) is 1. The minimum absolute atomic E-state index is 0.106. The number of thiazole rings is 1. The molecule has 2 rings (SSSR count). The molecule has 1 amide bonds. The summed E-state index contributed by atoms with van der Waals surface area (Å²) in [6.07, 6.45) is 2.54. The summed E-state index contributed by atoms with van der Waals surface area (Å²) in [5.41, 5.74) is 0.586. The van der Waals surface area contributed by atoms with E-state index in [0.29, 0.717) is 23.7 Å². The van der Waals surface area contributed by atoms with Crippen molar-refractivity contribution in [3.63, 3.8) is 0 Å². The molecule has 0 aliphatic carbocycles. The number of nitrogens with zero attached hydrogens (tertiary/aromatic N) is 1. The fourth-order valence-electron chi connectivity index (χ4n) is 1.54. The van der Waals surface area contributed by atoms with Crippen LogP contribution in [0.15, 0.2) is 28.2 Å². The van der Waals surface area contributed by atoms with Gasteiger partial charge in [-0.3, -0.25) is 9.59 Å². The van der Waals surface area contributed by atoms with Gasteiger partial charge in [0.15, 0.2) is 5.13 Å². The van der Waals surface area contributed by atoms with Crippen LogP contribution in [0.4, 0.5) is 5.13 Å². The number of ether oxygens (including phenoxy) is 1. The lowest BCUT2D eigenvalue weighted by Gasteiger charge is -2.00. The number of hydrogen-bond donors (Lipinski definition) is 1. The van der Waals surface area contributed by atoms with E-state index in [2.05, 4.69) is 15.0 Å². The average molecular weight is 294 g/mol. The molecule has 0 saturated carbocycles. The molecule has 7 heteroatoms. The minimum atomic E-state index is -0.356. The Bertz CT molecular complexity index is 577. The van der Waals surface area contributed by atoms with Crippen LogP contribution in [-0.2, 0) is 27.2 Å². The van der Waals surface area contributed by atoms with Crippen LogP contribution in [0.25, 0.3) is 0 Å². The highest BCUT2D eigenvalue weighted by molar-refractivity contribution is 7.13. The van der Waals surface area contributed by atoms with E-state index in [-0.39, 0.29) is 18.3 Å². The molecule has 0 aliphatic rings. The maximum atomic E-state index is 11.7. The van der Waals surface area contributed by atoms with Gasteiger partial charge in [0.2, 0.25) is 5.91 Å². The van der Waals surface area contributed by atoms with E-state index < -0.39 is 0 Å². The zero-order valence-electron chi connectivity index (χ0n) is 10.9. The number of anilines is 1. The van der Waals surface area contributed by atoms with Gasteiger partial charge in [0.05, 0.1) is 25.5 Å². The molecule has 20 heavy (non-hydrogen) atoms. The average Bonchev–Trinajstić information content (AvgIpc) is 3.08. The second-order valence-corrected chi connectivity index (χ2v) is 4.88. The Morgan fingerprint density at radius 3 is 3.05 bits per heavy atom. The highest BCUT2D eigenvalue weighted by Crippen LogP contribution is 2.16. The molecule has 0 unspecified atom stereocenters. The predicted octanol–water partition coefficient (Wildman–Crippen LogP) is 2.02. The number of rotatable bonds is 6. The van der Waals surface area contributed by atoms with Crippen LogP contribution in [-0.4, -0.2) is 24.0 Å². The number of hydrogen-bond acceptors (Lipinski definition) is 6. The summed E-state index contributed by atoms with van der Waals surface area (Å²) in [6, 6.07) is 3.61. The molecule has 2 aromatic rings. The molecular weight excluding hydrogens is 280 g/mol. The van der Waals surface area contributed by atoms with Crippen molar-refractivity contribution < 1.29 is 18.7 Å². The van der Waals surface area contributed by atoms with E-state index in [0.717, 1.165) is 5.76 Å². The zero-order valence-corrected chi connectivity index (χ0v) is 11.7. The van der Waals surface area contributed by atoms with Crippen LogP contribution >= 0.6 is 11.3 Å². The number of amides is 1. The van der Waals surface area contributed by atoms with Crippen LogP contribution in [0.1, 0.15) is 17.9 Å². The summed E-state index contributed by atoms with van der Waals surface area (Å²) in [5, 5.41) is 4.89. The standard InChI is InChI=1S/C13H14N2O4S/c1-18-12(17)7-9-8-20-13(14-9)15-11(16)5-4-10-3-2-6-19-10/h2-3,6,8H,4-5,7H2,1H3,(H,14,15,16). The number of carbonyl (C=O) groups excluding carboxylic acids is 2. The van der Waals surface area contributed by atoms with Crippen LogP contribution in [0.3, 0.4) is 0 Å². The SMILES string of the molecule is COC(=O)Cc1csc(NC(=O)CCc2ccco2)n1. The number of aromatic nitrogens is 1. The van der Waals surface area contributed by atoms with E-state index in [1.165, 1.54) is 18.4 Å². The number of furan rings is 1. The number of methoxy groups -OCH3 is 1. The molecule has 2 aromatic heterocycles. The third kappa shape index (κ3) is 4.20. The highest BCUT2D eigenvalue weighted by Gasteiger charge is 2.10. The van der Waals surface area contributed by atoms with Crippen molar-refractivity contribution in [2.24, 2.45) is 0 Å². The second kappa shape index (κ2) is 6.85. The third-order valence-electron chi connectivity index (χ3n) is 2.53. The van der Waals surface area contributed by atoms with Crippen molar-refractivity contribution in [2.45, 2.75) is 19.3 Å². The normalized spacial score (nSPS) is 10.2. The minimum Gasteiger partial charge on any atom is -0.469 e. The molecule has 0 saturated heterocycles. The topological polar surface area (TPSA) is 81.4 Å². The summed E-state index contributed by atoms with van der Waals surface area (Å²) >= 11 is 1.28. The molecule has 1 N–H and O–H groups in total. The molecule has 106 valence electrons. The van der Waals surface area contributed by atoms with Gasteiger partial charge in [-0.1, -0.05) is 0 Å². The van der Waals surface area contributed by atoms with E-state index in [9.17, 15) is 9.59 Å². The van der Waals surface area contributed by atoms with Gasteiger partial charge < -0.3 is 14.5 Å². The molecule has 0 radical (unpaired) electrons. The quantitative estimate of drug-likeness (QED) is 0.824. The van der Waals surface area contributed by atoms with Crippen molar-refractivity contribution in [3.05, 3.63) is 35.2 Å². The summed E-state index contributed by atoms with van der Waals surface area (Å²) in [4.78, 5) is 27.0. The lowest BCUT2D eigenvalue weighted by Crippen LogP contribution is -2.12. The fourth-order valence-corrected chi connectivity index (χ4v) is 2.27. The van der Waals surface area contributed by atoms with Gasteiger partial charge in [-0.15, -0.1) is 11.3 Å². The summed E-state index contributed by atoms with van der Waals surface area (Å²) in [6.45, 7) is 0. The largest absolute Gasteiger partial charge is 0.469 e. The maximum absolute atomic E-state index is 11.7. The summed E-state index contributed by atoms with van der Waals surface area (Å²) < 4.78 is 9.70. The molecule has 0 aliphatic heterocycles. The molecule has 2 heterocycles. The van der Waals surface area contributed by atoms with Crippen LogP contribution in [0, 0.1) is 0 Å². The Morgan fingerprint density at radius 1 is 1.50 bits per heavy atom. The first kappa shape index (κ1) is 14.3. The van der Waals surface area contributed by atoms with Crippen molar-refractivity contribution in [1.29, 1.82) is 0 Å². The number of aryl methyl sites for hydroxylation is 1. The molecule has 0 aromatic carbocycles. The van der Waals surface area contributed by atoms with Crippen molar-refractivity contribution in [2.75, 3.05) is 12.4 Å². The Labute approximate surface area is 119 Å². The van der Waals surface area contributed by atoms with E-state index in [4.69, 9.17) is 4.42 Å². The van der Waals surface area contributed by atoms with Crippen molar-refractivity contribution in [3.8, 4) is 0 Å². The predicted molar refractivity (Wildman–Crippen MR) is 73.5 cm³/mol.